The number of carbonyl (C=O) groups is 2. The van der Waals surface area contributed by atoms with Crippen LogP contribution in [-0.2, 0) is 14.0 Å². The van der Waals surface area contributed by atoms with Gasteiger partial charge in [-0.15, -0.1) is 0 Å². The highest BCUT2D eigenvalue weighted by molar-refractivity contribution is 6.77. The highest BCUT2D eigenvalue weighted by Gasteiger charge is 2.57. The number of hydrogen-bond acceptors (Lipinski definition) is 4. The molecule has 0 radical (unpaired) electrons. The molecule has 2 heterocycles. The summed E-state index contributed by atoms with van der Waals surface area (Å²) in [6.45, 7) is 13.8. The van der Waals surface area contributed by atoms with E-state index in [1.807, 2.05) is 48.5 Å². The van der Waals surface area contributed by atoms with Crippen molar-refractivity contribution < 1.29 is 18.8 Å². The number of hydrogen-bond donors (Lipinski definition) is 1. The highest BCUT2D eigenvalue weighted by Crippen LogP contribution is 2.47. The largest absolute Gasteiger partial charge is 0.447 e. The normalized spacial score (nSPS) is 23.5. The van der Waals surface area contributed by atoms with Gasteiger partial charge in [0.05, 0.1) is 18.2 Å². The van der Waals surface area contributed by atoms with E-state index in [1.54, 1.807) is 4.90 Å². The summed E-state index contributed by atoms with van der Waals surface area (Å²) in [5, 5.41) is 3.11. The van der Waals surface area contributed by atoms with Crippen LogP contribution in [0.5, 0.6) is 0 Å². The topological polar surface area (TPSA) is 67.9 Å². The minimum Gasteiger partial charge on any atom is -0.447 e. The number of β-lactam (4-membered cyclic amide) rings is 1. The molecule has 2 aromatic carbocycles. The van der Waals surface area contributed by atoms with Gasteiger partial charge in [0.15, 0.2) is 0 Å². The summed E-state index contributed by atoms with van der Waals surface area (Å²) in [4.78, 5) is 27.6. The molecule has 4 rings (SSSR count). The zero-order valence-corrected chi connectivity index (χ0v) is 22.6. The van der Waals surface area contributed by atoms with Gasteiger partial charge in [-0.05, 0) is 27.8 Å². The fraction of sp³-hybridized carbons (Fsp3) is 0.500. The van der Waals surface area contributed by atoms with Gasteiger partial charge in [0.25, 0.3) is 0 Å². The van der Waals surface area contributed by atoms with E-state index in [9.17, 15) is 9.59 Å². The van der Waals surface area contributed by atoms with Crippen LogP contribution in [0.4, 0.5) is 4.79 Å². The van der Waals surface area contributed by atoms with Crippen molar-refractivity contribution in [2.24, 2.45) is 0 Å². The average molecular weight is 495 g/mol. The molecule has 0 aliphatic carbocycles. The van der Waals surface area contributed by atoms with E-state index in [4.69, 9.17) is 9.16 Å². The average Bonchev–Trinajstić information content (AvgIpc) is 3.19. The molecule has 0 spiro atoms. The van der Waals surface area contributed by atoms with E-state index in [0.29, 0.717) is 16.6 Å². The van der Waals surface area contributed by atoms with Gasteiger partial charge < -0.3 is 14.5 Å². The van der Waals surface area contributed by atoms with E-state index in [2.05, 4.69) is 59.0 Å². The lowest BCUT2D eigenvalue weighted by atomic mass is 9.87. The molecule has 6 nitrogen and oxygen atoms in total. The SMILES string of the molecule is CC(C)[Si](O[C@@H](c1ccccc1)[C@@H]1NC(=O)[C@H]1N1C(=O)OC[C@@H]1c1ccccc1)(C(C)C)C(C)C. The molecular weight excluding hydrogens is 456 g/mol. The standard InChI is InChI=1S/C28H38N2O4Si/c1-18(2)35(19(3)4,20(5)6)34-26(22-15-11-8-12-16-22)24-25(27(31)29-24)30-23(17-33-28(30)32)21-13-9-7-10-14-21/h7-16,18-20,23-26H,17H2,1-6H3,(H,29,31)/t23-,24-,25+,26+/m1/s1. The van der Waals surface area contributed by atoms with Gasteiger partial charge in [0.1, 0.15) is 12.6 Å². The third kappa shape index (κ3) is 4.52. The Morgan fingerprint density at radius 2 is 1.43 bits per heavy atom. The quantitative estimate of drug-likeness (QED) is 0.344. The summed E-state index contributed by atoms with van der Waals surface area (Å²) < 4.78 is 12.7. The molecular formula is C28H38N2O4Si. The van der Waals surface area contributed by atoms with Crippen molar-refractivity contribution in [1.82, 2.24) is 10.2 Å². The van der Waals surface area contributed by atoms with Gasteiger partial charge in [0.2, 0.25) is 14.2 Å². The number of nitrogens with one attached hydrogen (secondary N) is 1. The molecule has 2 aliphatic heterocycles. The lowest BCUT2D eigenvalue weighted by Crippen LogP contribution is -2.72. The molecule has 1 N–H and O–H groups in total. The first-order valence-corrected chi connectivity index (χ1v) is 14.9. The Kier molecular flexibility index (Phi) is 7.38. The van der Waals surface area contributed by atoms with Crippen molar-refractivity contribution >= 4 is 20.3 Å². The summed E-state index contributed by atoms with van der Waals surface area (Å²) in [7, 11) is -2.29. The third-order valence-electron chi connectivity index (χ3n) is 7.81. The summed E-state index contributed by atoms with van der Waals surface area (Å²) in [6, 6.07) is 18.6. The van der Waals surface area contributed by atoms with Crippen LogP contribution >= 0.6 is 0 Å². The molecule has 7 heteroatoms. The minimum absolute atomic E-state index is 0.162. The number of nitrogens with zero attached hydrogens (tertiary/aromatic N) is 1. The van der Waals surface area contributed by atoms with Crippen molar-refractivity contribution in [2.45, 2.75) is 82.4 Å². The summed E-state index contributed by atoms with van der Waals surface area (Å²) in [6.07, 6.45) is -0.807. The number of amides is 2. The molecule has 0 saturated carbocycles. The molecule has 4 atom stereocenters. The van der Waals surface area contributed by atoms with Gasteiger partial charge in [-0.2, -0.15) is 0 Å². The molecule has 0 aromatic heterocycles. The van der Waals surface area contributed by atoms with Crippen LogP contribution in [0.1, 0.15) is 64.8 Å². The lowest BCUT2D eigenvalue weighted by Gasteiger charge is -2.51. The number of carbonyl (C=O) groups excluding carboxylic acids is 2. The maximum atomic E-state index is 13.0. The fourth-order valence-corrected chi connectivity index (χ4v) is 11.8. The smallest absolute Gasteiger partial charge is 0.411 e. The molecule has 2 aromatic rings. The Morgan fingerprint density at radius 3 is 1.94 bits per heavy atom. The summed E-state index contributed by atoms with van der Waals surface area (Å²) in [5.41, 5.74) is 3.14. The van der Waals surface area contributed by atoms with Crippen molar-refractivity contribution in [1.29, 1.82) is 0 Å². The van der Waals surface area contributed by atoms with Crippen LogP contribution in [0.3, 0.4) is 0 Å². The molecule has 2 fully saturated rings. The van der Waals surface area contributed by atoms with E-state index in [-0.39, 0.29) is 30.7 Å². The highest BCUT2D eigenvalue weighted by atomic mass is 28.4. The second-order valence-corrected chi connectivity index (χ2v) is 16.1. The van der Waals surface area contributed by atoms with E-state index in [1.165, 1.54) is 0 Å². The lowest BCUT2D eigenvalue weighted by molar-refractivity contribution is -0.140. The number of benzene rings is 2. The first-order chi connectivity index (χ1) is 16.7. The molecule has 2 saturated heterocycles. The molecule has 0 unspecified atom stereocenters. The van der Waals surface area contributed by atoms with Crippen LogP contribution in [0.25, 0.3) is 0 Å². The Bertz CT molecular complexity index is 1010. The van der Waals surface area contributed by atoms with Gasteiger partial charge in [-0.25, -0.2) is 4.79 Å². The van der Waals surface area contributed by atoms with Crippen LogP contribution in [0.15, 0.2) is 60.7 Å². The summed E-state index contributed by atoms with van der Waals surface area (Å²) >= 11 is 0. The van der Waals surface area contributed by atoms with E-state index in [0.717, 1.165) is 11.1 Å². The zero-order chi connectivity index (χ0) is 25.3. The molecule has 2 aliphatic rings. The predicted molar refractivity (Wildman–Crippen MR) is 139 cm³/mol. The maximum absolute atomic E-state index is 13.0. The Morgan fingerprint density at radius 1 is 0.886 bits per heavy atom. The van der Waals surface area contributed by atoms with E-state index >= 15 is 0 Å². The second kappa shape index (κ2) is 10.2. The monoisotopic (exact) mass is 494 g/mol. The first kappa shape index (κ1) is 25.4. The van der Waals surface area contributed by atoms with Gasteiger partial charge in [-0.1, -0.05) is 102 Å². The Labute approximate surface area is 210 Å². The van der Waals surface area contributed by atoms with Crippen molar-refractivity contribution in [2.75, 3.05) is 6.61 Å². The van der Waals surface area contributed by atoms with E-state index < -0.39 is 20.5 Å². The van der Waals surface area contributed by atoms with Crippen LogP contribution in [-0.4, -0.2) is 43.9 Å². The molecule has 2 amide bonds. The van der Waals surface area contributed by atoms with Crippen LogP contribution in [0.2, 0.25) is 16.6 Å². The third-order valence-corrected chi connectivity index (χ3v) is 13.9. The number of rotatable bonds is 9. The van der Waals surface area contributed by atoms with Gasteiger partial charge in [-0.3, -0.25) is 9.69 Å². The van der Waals surface area contributed by atoms with Crippen molar-refractivity contribution in [3.8, 4) is 0 Å². The fourth-order valence-electron chi connectivity index (χ4n) is 6.23. The van der Waals surface area contributed by atoms with Crippen LogP contribution in [0, 0.1) is 0 Å². The van der Waals surface area contributed by atoms with Crippen molar-refractivity contribution in [3.05, 3.63) is 71.8 Å². The predicted octanol–water partition coefficient (Wildman–Crippen LogP) is 5.98. The van der Waals surface area contributed by atoms with Crippen molar-refractivity contribution in [3.63, 3.8) is 0 Å². The molecule has 188 valence electrons. The maximum Gasteiger partial charge on any atom is 0.411 e. The molecule has 35 heavy (non-hydrogen) atoms. The van der Waals surface area contributed by atoms with Gasteiger partial charge >= 0.3 is 6.09 Å². The minimum atomic E-state index is -2.29. The van der Waals surface area contributed by atoms with Gasteiger partial charge in [0, 0.05) is 0 Å². The first-order valence-electron chi connectivity index (χ1n) is 12.7. The Balaban J connectivity index is 1.74. The Hall–Kier alpha value is -2.64. The van der Waals surface area contributed by atoms with Crippen LogP contribution < -0.4 is 5.32 Å². The second-order valence-electron chi connectivity index (χ2n) is 10.7. The number of ether oxygens (including phenoxy) is 1. The number of cyclic esters (lactones) is 1. The zero-order valence-electron chi connectivity index (χ0n) is 21.6. The molecule has 0 bridgehead atoms. The summed E-state index contributed by atoms with van der Waals surface area (Å²) in [5.74, 6) is -0.162.